The molecule has 1 aromatic heterocycles. The highest BCUT2D eigenvalue weighted by Gasteiger charge is 2.28. The van der Waals surface area contributed by atoms with Gasteiger partial charge in [0.1, 0.15) is 0 Å². The minimum atomic E-state index is -3.40. The predicted octanol–water partition coefficient (Wildman–Crippen LogP) is 2.74. The van der Waals surface area contributed by atoms with Gasteiger partial charge in [-0.2, -0.15) is 4.31 Å². The molecule has 0 amide bonds. The number of hydrogen-bond acceptors (Lipinski definition) is 4. The van der Waals surface area contributed by atoms with Crippen LogP contribution in [0.15, 0.2) is 71.8 Å². The molecule has 1 fully saturated rings. The first kappa shape index (κ1) is 17.1. The summed E-state index contributed by atoms with van der Waals surface area (Å²) in [4.78, 5) is 7.17. The Morgan fingerprint density at radius 1 is 0.846 bits per heavy atom. The number of benzene rings is 2. The molecule has 1 aliphatic heterocycles. The average molecular weight is 367 g/mol. The van der Waals surface area contributed by atoms with Gasteiger partial charge in [0.15, 0.2) is 0 Å². The Morgan fingerprint density at radius 3 is 2.35 bits per heavy atom. The second-order valence-electron chi connectivity index (χ2n) is 6.49. The Balaban J connectivity index is 1.46. The first-order chi connectivity index (χ1) is 12.6. The first-order valence-corrected chi connectivity index (χ1v) is 10.2. The lowest BCUT2D eigenvalue weighted by atomic mass is 10.1. The zero-order chi connectivity index (χ0) is 18.0. The summed E-state index contributed by atoms with van der Waals surface area (Å²) in [5.74, 6) is 0. The highest BCUT2D eigenvalue weighted by molar-refractivity contribution is 7.89. The molecule has 0 bridgehead atoms. The van der Waals surface area contributed by atoms with Crippen molar-refractivity contribution in [3.63, 3.8) is 0 Å². The van der Waals surface area contributed by atoms with E-state index < -0.39 is 10.0 Å². The minimum absolute atomic E-state index is 0.367. The van der Waals surface area contributed by atoms with Gasteiger partial charge in [-0.05, 0) is 23.8 Å². The largest absolute Gasteiger partial charge is 0.296 e. The maximum atomic E-state index is 12.7. The van der Waals surface area contributed by atoms with Crippen LogP contribution in [-0.2, 0) is 16.6 Å². The smallest absolute Gasteiger partial charge is 0.243 e. The maximum Gasteiger partial charge on any atom is 0.243 e. The fraction of sp³-hybridized carbons (Fsp3) is 0.250. The van der Waals surface area contributed by atoms with Crippen molar-refractivity contribution in [1.82, 2.24) is 14.2 Å². The molecule has 26 heavy (non-hydrogen) atoms. The van der Waals surface area contributed by atoms with Gasteiger partial charge in [-0.25, -0.2) is 8.42 Å². The van der Waals surface area contributed by atoms with E-state index in [9.17, 15) is 8.42 Å². The number of para-hydroxylation sites is 1. The van der Waals surface area contributed by atoms with Gasteiger partial charge in [-0.15, -0.1) is 0 Å². The number of piperazine rings is 1. The summed E-state index contributed by atoms with van der Waals surface area (Å²) in [6.45, 7) is 3.24. The molecule has 0 N–H and O–H groups in total. The lowest BCUT2D eigenvalue weighted by Gasteiger charge is -2.34. The van der Waals surface area contributed by atoms with Crippen LogP contribution < -0.4 is 0 Å². The second-order valence-corrected chi connectivity index (χ2v) is 8.42. The minimum Gasteiger partial charge on any atom is -0.296 e. The number of fused-ring (bicyclic) bond motifs is 1. The van der Waals surface area contributed by atoms with Gasteiger partial charge in [-0.1, -0.05) is 42.5 Å². The van der Waals surface area contributed by atoms with E-state index in [-0.39, 0.29) is 0 Å². The summed E-state index contributed by atoms with van der Waals surface area (Å²) in [6, 6.07) is 18.9. The highest BCUT2D eigenvalue weighted by Crippen LogP contribution is 2.21. The number of hydrogen-bond donors (Lipinski definition) is 0. The van der Waals surface area contributed by atoms with E-state index in [0.29, 0.717) is 18.0 Å². The van der Waals surface area contributed by atoms with Gasteiger partial charge < -0.3 is 0 Å². The molecular weight excluding hydrogens is 346 g/mol. The molecule has 2 aromatic carbocycles. The Bertz CT molecular complexity index is 993. The van der Waals surface area contributed by atoms with Crippen LogP contribution in [0.1, 0.15) is 5.56 Å². The molecule has 0 unspecified atom stereocenters. The zero-order valence-electron chi connectivity index (χ0n) is 14.5. The van der Waals surface area contributed by atoms with Crippen LogP contribution in [0.2, 0.25) is 0 Å². The summed E-state index contributed by atoms with van der Waals surface area (Å²) >= 11 is 0. The molecular formula is C20H21N3O2S. The van der Waals surface area contributed by atoms with E-state index in [1.165, 1.54) is 5.56 Å². The second kappa shape index (κ2) is 7.15. The standard InChI is InChI=1S/C20H21N3O2S/c24-26(25,19-9-2-1-3-10-19)23-14-12-22(13-15-23)16-18-7-4-6-17-8-5-11-21-20(17)18/h1-11H,12-16H2. The van der Waals surface area contributed by atoms with Crippen molar-refractivity contribution in [2.24, 2.45) is 0 Å². The third kappa shape index (κ3) is 3.35. The van der Waals surface area contributed by atoms with Gasteiger partial charge in [0, 0.05) is 44.3 Å². The van der Waals surface area contributed by atoms with Crippen molar-refractivity contribution >= 4 is 20.9 Å². The van der Waals surface area contributed by atoms with Crippen LogP contribution in [0.5, 0.6) is 0 Å². The lowest BCUT2D eigenvalue weighted by molar-refractivity contribution is 0.182. The summed E-state index contributed by atoms with van der Waals surface area (Å²) in [5, 5.41) is 1.13. The van der Waals surface area contributed by atoms with Crippen LogP contribution in [0, 0.1) is 0 Å². The fourth-order valence-electron chi connectivity index (χ4n) is 3.41. The fourth-order valence-corrected chi connectivity index (χ4v) is 4.85. The molecule has 1 saturated heterocycles. The van der Waals surface area contributed by atoms with Crippen molar-refractivity contribution in [2.75, 3.05) is 26.2 Å². The molecule has 5 nitrogen and oxygen atoms in total. The molecule has 6 heteroatoms. The number of sulfonamides is 1. The van der Waals surface area contributed by atoms with Crippen LogP contribution >= 0.6 is 0 Å². The molecule has 4 rings (SSSR count). The van der Waals surface area contributed by atoms with E-state index >= 15 is 0 Å². The number of rotatable bonds is 4. The monoisotopic (exact) mass is 367 g/mol. The number of aromatic nitrogens is 1. The summed E-state index contributed by atoms with van der Waals surface area (Å²) in [5.41, 5.74) is 2.21. The van der Waals surface area contributed by atoms with Gasteiger partial charge in [0.25, 0.3) is 0 Å². The summed E-state index contributed by atoms with van der Waals surface area (Å²) in [6.07, 6.45) is 1.82. The Kier molecular flexibility index (Phi) is 4.72. The van der Waals surface area contributed by atoms with Crippen molar-refractivity contribution in [3.05, 3.63) is 72.4 Å². The normalized spacial score (nSPS) is 16.8. The molecule has 0 aliphatic carbocycles. The quantitative estimate of drug-likeness (QED) is 0.712. The third-order valence-electron chi connectivity index (χ3n) is 4.82. The summed E-state index contributed by atoms with van der Waals surface area (Å²) in [7, 11) is -3.40. The molecule has 2 heterocycles. The van der Waals surface area contributed by atoms with E-state index in [1.54, 1.807) is 28.6 Å². The van der Waals surface area contributed by atoms with Crippen LogP contribution in [0.25, 0.3) is 10.9 Å². The molecule has 134 valence electrons. The van der Waals surface area contributed by atoms with Crippen LogP contribution in [0.3, 0.4) is 0 Å². The lowest BCUT2D eigenvalue weighted by Crippen LogP contribution is -2.48. The number of pyridine rings is 1. The topological polar surface area (TPSA) is 53.5 Å². The van der Waals surface area contributed by atoms with Crippen molar-refractivity contribution < 1.29 is 8.42 Å². The predicted molar refractivity (Wildman–Crippen MR) is 102 cm³/mol. The zero-order valence-corrected chi connectivity index (χ0v) is 15.3. The van der Waals surface area contributed by atoms with Gasteiger partial charge in [0.05, 0.1) is 10.4 Å². The Labute approximate surface area is 153 Å². The number of nitrogens with zero attached hydrogens (tertiary/aromatic N) is 3. The van der Waals surface area contributed by atoms with Gasteiger partial charge in [-0.3, -0.25) is 9.88 Å². The molecule has 0 atom stereocenters. The Hall–Kier alpha value is -2.28. The average Bonchev–Trinajstić information content (AvgIpc) is 2.69. The van der Waals surface area contributed by atoms with E-state index in [1.807, 2.05) is 18.3 Å². The van der Waals surface area contributed by atoms with E-state index in [0.717, 1.165) is 30.5 Å². The van der Waals surface area contributed by atoms with Crippen LogP contribution in [-0.4, -0.2) is 48.8 Å². The molecule has 3 aromatic rings. The van der Waals surface area contributed by atoms with Crippen molar-refractivity contribution in [2.45, 2.75) is 11.4 Å². The summed E-state index contributed by atoms with van der Waals surface area (Å²) < 4.78 is 27.0. The molecule has 1 aliphatic rings. The highest BCUT2D eigenvalue weighted by atomic mass is 32.2. The molecule has 0 saturated carbocycles. The van der Waals surface area contributed by atoms with Gasteiger partial charge in [0.2, 0.25) is 10.0 Å². The van der Waals surface area contributed by atoms with Gasteiger partial charge >= 0.3 is 0 Å². The van der Waals surface area contributed by atoms with E-state index in [4.69, 9.17) is 0 Å². The molecule has 0 radical (unpaired) electrons. The van der Waals surface area contributed by atoms with E-state index in [2.05, 4.69) is 34.1 Å². The third-order valence-corrected chi connectivity index (χ3v) is 6.74. The first-order valence-electron chi connectivity index (χ1n) is 8.75. The maximum absolute atomic E-state index is 12.7. The Morgan fingerprint density at radius 2 is 1.58 bits per heavy atom. The van der Waals surface area contributed by atoms with Crippen LogP contribution in [0.4, 0.5) is 0 Å². The van der Waals surface area contributed by atoms with Crippen molar-refractivity contribution in [3.8, 4) is 0 Å². The molecule has 0 spiro atoms. The SMILES string of the molecule is O=S(=O)(c1ccccc1)N1CCN(Cc2cccc3cccnc23)CC1. The van der Waals surface area contributed by atoms with Crippen molar-refractivity contribution in [1.29, 1.82) is 0 Å².